The molecule has 140 valence electrons. The van der Waals surface area contributed by atoms with E-state index in [9.17, 15) is 9.59 Å². The Hall–Kier alpha value is -2.80. The van der Waals surface area contributed by atoms with Crippen molar-refractivity contribution in [3.63, 3.8) is 0 Å². The van der Waals surface area contributed by atoms with Gasteiger partial charge in [-0.1, -0.05) is 42.1 Å². The minimum absolute atomic E-state index is 0.0158. The molecule has 1 aromatic heterocycles. The summed E-state index contributed by atoms with van der Waals surface area (Å²) < 4.78 is 10.8. The van der Waals surface area contributed by atoms with Crippen LogP contribution in [0.4, 0.5) is 5.69 Å². The number of amides is 1. The van der Waals surface area contributed by atoms with Gasteiger partial charge in [0, 0.05) is 12.2 Å². The fraction of sp³-hybridized carbons (Fsp3) is 0.250. The molecule has 6 nitrogen and oxygen atoms in total. The summed E-state index contributed by atoms with van der Waals surface area (Å²) in [6.07, 6.45) is -0.873. The van der Waals surface area contributed by atoms with Crippen molar-refractivity contribution >= 4 is 40.4 Å². The Labute approximate surface area is 161 Å². The zero-order valence-corrected chi connectivity index (χ0v) is 15.9. The average molecular weight is 384 g/mol. The van der Waals surface area contributed by atoms with Gasteiger partial charge in [-0.05, 0) is 38.1 Å². The zero-order valence-electron chi connectivity index (χ0n) is 15.1. The van der Waals surface area contributed by atoms with Gasteiger partial charge in [-0.25, -0.2) is 4.98 Å². The summed E-state index contributed by atoms with van der Waals surface area (Å²) in [6.45, 7) is 3.95. The molecule has 0 unspecified atom stereocenters. The third-order valence-electron chi connectivity index (χ3n) is 3.89. The number of ether oxygens (including phenoxy) is 1. The number of oxazole rings is 1. The smallest absolute Gasteiger partial charge is 0.317 e. The van der Waals surface area contributed by atoms with Crippen molar-refractivity contribution in [2.45, 2.75) is 25.2 Å². The number of hydrogen-bond donors (Lipinski definition) is 0. The van der Waals surface area contributed by atoms with Crippen LogP contribution in [0.15, 0.2) is 64.2 Å². The fourth-order valence-electron chi connectivity index (χ4n) is 2.61. The standard InChI is InChI=1S/C20H20N2O4S/c1-3-22(15-9-5-4-6-10-15)19(24)14(2)25-18(23)13-27-20-21-16-11-7-8-12-17(16)26-20/h4-12,14H,3,13H2,1-2H3/t14-/m1/s1. The molecule has 0 aliphatic rings. The van der Waals surface area contributed by atoms with Gasteiger partial charge in [0.1, 0.15) is 11.3 Å². The van der Waals surface area contributed by atoms with Crippen molar-refractivity contribution in [2.24, 2.45) is 0 Å². The molecule has 27 heavy (non-hydrogen) atoms. The highest BCUT2D eigenvalue weighted by atomic mass is 32.2. The van der Waals surface area contributed by atoms with Gasteiger partial charge in [0.15, 0.2) is 11.7 Å². The van der Waals surface area contributed by atoms with E-state index in [2.05, 4.69) is 4.98 Å². The third-order valence-corrected chi connectivity index (χ3v) is 4.70. The molecule has 7 heteroatoms. The molecule has 0 radical (unpaired) electrons. The number of nitrogens with zero attached hydrogens (tertiary/aromatic N) is 2. The van der Waals surface area contributed by atoms with Crippen molar-refractivity contribution in [3.05, 3.63) is 54.6 Å². The second-order valence-electron chi connectivity index (χ2n) is 5.79. The number of anilines is 1. The van der Waals surface area contributed by atoms with Gasteiger partial charge in [-0.2, -0.15) is 0 Å². The van der Waals surface area contributed by atoms with Crippen LogP contribution < -0.4 is 4.90 Å². The highest BCUT2D eigenvalue weighted by molar-refractivity contribution is 7.99. The fourth-order valence-corrected chi connectivity index (χ4v) is 3.23. The van der Waals surface area contributed by atoms with Gasteiger partial charge in [0.05, 0.1) is 0 Å². The molecule has 0 aliphatic carbocycles. The first-order valence-corrected chi connectivity index (χ1v) is 9.61. The molecule has 1 amide bonds. The summed E-state index contributed by atoms with van der Waals surface area (Å²) in [5.74, 6) is -0.738. The van der Waals surface area contributed by atoms with Crippen molar-refractivity contribution in [1.82, 2.24) is 4.98 Å². The van der Waals surface area contributed by atoms with Gasteiger partial charge in [0.25, 0.3) is 11.1 Å². The van der Waals surface area contributed by atoms with Gasteiger partial charge >= 0.3 is 5.97 Å². The maximum Gasteiger partial charge on any atom is 0.317 e. The molecular formula is C20H20N2O4S. The molecule has 1 heterocycles. The van der Waals surface area contributed by atoms with E-state index in [4.69, 9.17) is 9.15 Å². The summed E-state index contributed by atoms with van der Waals surface area (Å²) in [6, 6.07) is 16.7. The number of likely N-dealkylation sites (N-methyl/N-ethyl adjacent to an activating group) is 1. The van der Waals surface area contributed by atoms with Crippen molar-refractivity contribution in [1.29, 1.82) is 0 Å². The Kier molecular flexibility index (Phi) is 6.13. The number of rotatable bonds is 7. The van der Waals surface area contributed by atoms with Crippen molar-refractivity contribution in [3.8, 4) is 0 Å². The lowest BCUT2D eigenvalue weighted by molar-refractivity contribution is -0.151. The summed E-state index contributed by atoms with van der Waals surface area (Å²) >= 11 is 1.14. The predicted molar refractivity (Wildman–Crippen MR) is 105 cm³/mol. The number of thioether (sulfide) groups is 1. The lowest BCUT2D eigenvalue weighted by Crippen LogP contribution is -2.40. The highest BCUT2D eigenvalue weighted by Crippen LogP contribution is 2.23. The van der Waals surface area contributed by atoms with Gasteiger partial charge in [0.2, 0.25) is 0 Å². The largest absolute Gasteiger partial charge is 0.452 e. The monoisotopic (exact) mass is 384 g/mol. The molecule has 1 atom stereocenters. The minimum atomic E-state index is -0.873. The van der Waals surface area contributed by atoms with E-state index in [0.717, 1.165) is 23.0 Å². The molecule has 3 rings (SSSR count). The van der Waals surface area contributed by atoms with Crippen LogP contribution in [0.3, 0.4) is 0 Å². The number of benzene rings is 2. The summed E-state index contributed by atoms with van der Waals surface area (Å²) in [5, 5.41) is 0.395. The molecule has 0 N–H and O–H groups in total. The third kappa shape index (κ3) is 4.68. The van der Waals surface area contributed by atoms with Crippen LogP contribution >= 0.6 is 11.8 Å². The van der Waals surface area contributed by atoms with E-state index in [1.165, 1.54) is 0 Å². The number of carbonyl (C=O) groups is 2. The molecule has 0 saturated heterocycles. The molecule has 0 bridgehead atoms. The minimum Gasteiger partial charge on any atom is -0.452 e. The maximum atomic E-state index is 12.6. The number of hydrogen-bond acceptors (Lipinski definition) is 6. The van der Waals surface area contributed by atoms with Crippen LogP contribution in [0.25, 0.3) is 11.1 Å². The van der Waals surface area contributed by atoms with Crippen molar-refractivity contribution in [2.75, 3.05) is 17.2 Å². The van der Waals surface area contributed by atoms with Crippen LogP contribution in [0.2, 0.25) is 0 Å². The number of carbonyl (C=O) groups excluding carboxylic acids is 2. The number of fused-ring (bicyclic) bond motifs is 1. The summed E-state index contributed by atoms with van der Waals surface area (Å²) in [5.41, 5.74) is 2.17. The van der Waals surface area contributed by atoms with Crippen molar-refractivity contribution < 1.29 is 18.7 Å². The van der Waals surface area contributed by atoms with E-state index < -0.39 is 12.1 Å². The van der Waals surface area contributed by atoms with Crippen LogP contribution in [-0.4, -0.2) is 35.3 Å². The molecule has 0 aliphatic heterocycles. The van der Waals surface area contributed by atoms with Crippen LogP contribution in [0, 0.1) is 0 Å². The van der Waals surface area contributed by atoms with E-state index in [1.807, 2.05) is 61.5 Å². The maximum absolute atomic E-state index is 12.6. The van der Waals surface area contributed by atoms with Gasteiger partial charge in [-0.3, -0.25) is 9.59 Å². The highest BCUT2D eigenvalue weighted by Gasteiger charge is 2.24. The van der Waals surface area contributed by atoms with Gasteiger partial charge in [-0.15, -0.1) is 0 Å². The van der Waals surface area contributed by atoms with Crippen LogP contribution in [0.5, 0.6) is 0 Å². The Morgan fingerprint density at radius 2 is 1.85 bits per heavy atom. The molecule has 0 fully saturated rings. The second kappa shape index (κ2) is 8.73. The Balaban J connectivity index is 1.55. The van der Waals surface area contributed by atoms with E-state index in [0.29, 0.717) is 17.4 Å². The van der Waals surface area contributed by atoms with E-state index in [1.54, 1.807) is 11.8 Å². The number of aromatic nitrogens is 1. The van der Waals surface area contributed by atoms with Gasteiger partial charge < -0.3 is 14.1 Å². The molecule has 0 spiro atoms. The first-order valence-electron chi connectivity index (χ1n) is 8.62. The Morgan fingerprint density at radius 1 is 1.15 bits per heavy atom. The quantitative estimate of drug-likeness (QED) is 0.454. The first kappa shape index (κ1) is 19.0. The first-order chi connectivity index (χ1) is 13.1. The van der Waals surface area contributed by atoms with E-state index >= 15 is 0 Å². The average Bonchev–Trinajstić information content (AvgIpc) is 3.10. The normalized spacial score (nSPS) is 11.9. The number of esters is 1. The summed E-state index contributed by atoms with van der Waals surface area (Å²) in [4.78, 5) is 30.6. The van der Waals surface area contributed by atoms with E-state index in [-0.39, 0.29) is 11.7 Å². The molecule has 0 saturated carbocycles. The summed E-state index contributed by atoms with van der Waals surface area (Å²) in [7, 11) is 0. The zero-order chi connectivity index (χ0) is 19.2. The second-order valence-corrected chi connectivity index (χ2v) is 6.71. The number of para-hydroxylation sites is 3. The molecule has 2 aromatic carbocycles. The SMILES string of the molecule is CCN(C(=O)[C@@H](C)OC(=O)CSc1nc2ccccc2o1)c1ccccc1. The van der Waals surface area contributed by atoms with Crippen LogP contribution in [0.1, 0.15) is 13.8 Å². The van der Waals surface area contributed by atoms with Crippen LogP contribution in [-0.2, 0) is 14.3 Å². The lowest BCUT2D eigenvalue weighted by Gasteiger charge is -2.24. The predicted octanol–water partition coefficient (Wildman–Crippen LogP) is 3.90. The molecular weight excluding hydrogens is 364 g/mol. The Bertz CT molecular complexity index is 893. The Morgan fingerprint density at radius 3 is 2.56 bits per heavy atom. The molecule has 3 aromatic rings. The topological polar surface area (TPSA) is 72.6 Å². The lowest BCUT2D eigenvalue weighted by atomic mass is 10.2.